The largest absolute Gasteiger partial charge is 0.494 e. The lowest BCUT2D eigenvalue weighted by Crippen LogP contribution is -2.44. The summed E-state index contributed by atoms with van der Waals surface area (Å²) in [6.07, 6.45) is 0.813. The highest BCUT2D eigenvalue weighted by atomic mass is 16.5. The number of amides is 1. The van der Waals surface area contributed by atoms with Crippen molar-refractivity contribution >= 4 is 22.6 Å². The highest BCUT2D eigenvalue weighted by Gasteiger charge is 2.03. The molecular formula is C20H28N4O3. The third-order valence-corrected chi connectivity index (χ3v) is 3.87. The van der Waals surface area contributed by atoms with Gasteiger partial charge in [0.25, 0.3) is 0 Å². The maximum Gasteiger partial charge on any atom is 0.239 e. The Morgan fingerprint density at radius 3 is 2.59 bits per heavy atom. The number of benzene rings is 2. The van der Waals surface area contributed by atoms with E-state index in [0.717, 1.165) is 12.2 Å². The van der Waals surface area contributed by atoms with E-state index in [2.05, 4.69) is 39.1 Å². The molecule has 0 radical (unpaired) electrons. The fraction of sp³-hybridized carbons (Fsp3) is 0.400. The second-order valence-electron chi connectivity index (χ2n) is 5.91. The zero-order valence-corrected chi connectivity index (χ0v) is 16.0. The van der Waals surface area contributed by atoms with Crippen LogP contribution in [0, 0.1) is 0 Å². The maximum atomic E-state index is 11.6. The number of fused-ring (bicyclic) bond motifs is 1. The minimum absolute atomic E-state index is 0.102. The van der Waals surface area contributed by atoms with Crippen LogP contribution in [0.5, 0.6) is 5.75 Å². The number of hydrogen-bond acceptors (Lipinski definition) is 4. The number of nitrogens with zero attached hydrogens (tertiary/aromatic N) is 1. The van der Waals surface area contributed by atoms with Gasteiger partial charge in [0.1, 0.15) is 5.75 Å². The zero-order valence-electron chi connectivity index (χ0n) is 16.0. The van der Waals surface area contributed by atoms with Crippen molar-refractivity contribution in [2.24, 2.45) is 4.99 Å². The Kier molecular flexibility index (Phi) is 8.92. The first-order chi connectivity index (χ1) is 13.2. The molecule has 2 aromatic carbocycles. The first kappa shape index (κ1) is 20.5. The van der Waals surface area contributed by atoms with Gasteiger partial charge in [0.2, 0.25) is 5.91 Å². The molecule has 0 aliphatic carbocycles. The average molecular weight is 372 g/mol. The topological polar surface area (TPSA) is 84.0 Å². The van der Waals surface area contributed by atoms with Gasteiger partial charge in [-0.05, 0) is 29.3 Å². The minimum Gasteiger partial charge on any atom is -0.494 e. The van der Waals surface area contributed by atoms with Crippen molar-refractivity contribution in [2.75, 3.05) is 47.0 Å². The molecule has 146 valence electrons. The fourth-order valence-corrected chi connectivity index (χ4v) is 2.47. The van der Waals surface area contributed by atoms with Gasteiger partial charge in [-0.2, -0.15) is 0 Å². The van der Waals surface area contributed by atoms with Crippen molar-refractivity contribution < 1.29 is 14.3 Å². The Morgan fingerprint density at radius 1 is 1.00 bits per heavy atom. The predicted molar refractivity (Wildman–Crippen MR) is 108 cm³/mol. The monoisotopic (exact) mass is 372 g/mol. The Morgan fingerprint density at radius 2 is 1.81 bits per heavy atom. The van der Waals surface area contributed by atoms with Crippen molar-refractivity contribution in [2.45, 2.75) is 6.42 Å². The summed E-state index contributed by atoms with van der Waals surface area (Å²) in [5.41, 5.74) is 0. The molecule has 7 nitrogen and oxygen atoms in total. The summed E-state index contributed by atoms with van der Waals surface area (Å²) >= 11 is 0. The molecule has 0 fully saturated rings. The molecule has 0 unspecified atom stereocenters. The van der Waals surface area contributed by atoms with E-state index in [4.69, 9.17) is 9.47 Å². The van der Waals surface area contributed by atoms with Crippen LogP contribution < -0.4 is 20.7 Å². The first-order valence-corrected chi connectivity index (χ1v) is 9.04. The summed E-state index contributed by atoms with van der Waals surface area (Å²) < 4.78 is 10.7. The van der Waals surface area contributed by atoms with E-state index in [1.54, 1.807) is 14.2 Å². The number of hydrogen-bond donors (Lipinski definition) is 3. The van der Waals surface area contributed by atoms with E-state index >= 15 is 0 Å². The van der Waals surface area contributed by atoms with E-state index < -0.39 is 0 Å². The molecule has 7 heteroatoms. The summed E-state index contributed by atoms with van der Waals surface area (Å²) in [7, 11) is 3.27. The Labute approximate surface area is 160 Å². The van der Waals surface area contributed by atoms with Crippen molar-refractivity contribution in [3.05, 3.63) is 42.5 Å². The lowest BCUT2D eigenvalue weighted by atomic mass is 10.1. The van der Waals surface area contributed by atoms with E-state index in [0.29, 0.717) is 32.3 Å². The smallest absolute Gasteiger partial charge is 0.239 e. The van der Waals surface area contributed by atoms with Gasteiger partial charge in [0, 0.05) is 27.2 Å². The van der Waals surface area contributed by atoms with E-state index in [1.165, 1.54) is 10.8 Å². The molecular weight excluding hydrogens is 344 g/mol. The molecule has 0 atom stereocenters. The second kappa shape index (κ2) is 11.7. The van der Waals surface area contributed by atoms with Crippen molar-refractivity contribution in [1.29, 1.82) is 0 Å². The van der Waals surface area contributed by atoms with Gasteiger partial charge >= 0.3 is 0 Å². The molecule has 2 rings (SSSR count). The summed E-state index contributed by atoms with van der Waals surface area (Å²) in [6.45, 7) is 2.44. The first-order valence-electron chi connectivity index (χ1n) is 9.04. The van der Waals surface area contributed by atoms with Crippen LogP contribution in [0.2, 0.25) is 0 Å². The number of aliphatic imine (C=N–C) groups is 1. The normalized spacial score (nSPS) is 11.3. The lowest BCUT2D eigenvalue weighted by Gasteiger charge is -2.12. The van der Waals surface area contributed by atoms with Crippen LogP contribution >= 0.6 is 0 Å². The molecule has 2 aromatic rings. The summed E-state index contributed by atoms with van der Waals surface area (Å²) in [4.78, 5) is 15.7. The van der Waals surface area contributed by atoms with Crippen LogP contribution in [0.25, 0.3) is 10.8 Å². The molecule has 0 aliphatic rings. The molecule has 0 heterocycles. The van der Waals surface area contributed by atoms with Crippen LogP contribution in [0.4, 0.5) is 0 Å². The summed E-state index contributed by atoms with van der Waals surface area (Å²) in [5, 5.41) is 11.2. The molecule has 0 saturated heterocycles. The predicted octanol–water partition coefficient (Wildman–Crippen LogP) is 1.54. The number of carbonyl (C=O) groups is 1. The van der Waals surface area contributed by atoms with Crippen LogP contribution in [0.1, 0.15) is 6.42 Å². The number of nitrogens with one attached hydrogen (secondary N) is 3. The van der Waals surface area contributed by atoms with Gasteiger partial charge < -0.3 is 25.4 Å². The molecule has 0 saturated carbocycles. The fourth-order valence-electron chi connectivity index (χ4n) is 2.47. The van der Waals surface area contributed by atoms with Gasteiger partial charge in [-0.25, -0.2) is 0 Å². The van der Waals surface area contributed by atoms with Crippen LogP contribution in [-0.2, 0) is 9.53 Å². The van der Waals surface area contributed by atoms with Crippen LogP contribution in [-0.4, -0.2) is 58.9 Å². The number of methoxy groups -OCH3 is 1. The molecule has 0 aromatic heterocycles. The van der Waals surface area contributed by atoms with Crippen molar-refractivity contribution in [3.63, 3.8) is 0 Å². The molecule has 27 heavy (non-hydrogen) atoms. The number of guanidine groups is 1. The van der Waals surface area contributed by atoms with Crippen LogP contribution in [0.15, 0.2) is 47.5 Å². The quantitative estimate of drug-likeness (QED) is 0.335. The Balaban J connectivity index is 1.62. The van der Waals surface area contributed by atoms with Gasteiger partial charge in [0.05, 0.1) is 19.8 Å². The zero-order chi connectivity index (χ0) is 19.3. The molecule has 0 bridgehead atoms. The molecule has 0 aliphatic heterocycles. The van der Waals surface area contributed by atoms with Gasteiger partial charge in [-0.3, -0.25) is 9.79 Å². The third kappa shape index (κ3) is 7.53. The molecule has 3 N–H and O–H groups in total. The van der Waals surface area contributed by atoms with Gasteiger partial charge in [-0.1, -0.05) is 30.3 Å². The second-order valence-corrected chi connectivity index (χ2v) is 5.91. The number of ether oxygens (including phenoxy) is 2. The van der Waals surface area contributed by atoms with Crippen LogP contribution in [0.3, 0.4) is 0 Å². The SMILES string of the molecule is CN=C(NCCCOc1ccc2ccccc2c1)NCC(=O)NCCOC. The highest BCUT2D eigenvalue weighted by Crippen LogP contribution is 2.20. The van der Waals surface area contributed by atoms with Crippen molar-refractivity contribution in [1.82, 2.24) is 16.0 Å². The standard InChI is InChI=1S/C20H28N4O3/c1-21-20(24-15-19(25)22-11-13-26-2)23-10-5-12-27-18-9-8-16-6-3-4-7-17(16)14-18/h3-4,6-9,14H,5,10-13,15H2,1-2H3,(H,22,25)(H2,21,23,24). The van der Waals surface area contributed by atoms with E-state index in [9.17, 15) is 4.79 Å². The van der Waals surface area contributed by atoms with E-state index in [1.807, 2.05) is 24.3 Å². The number of rotatable bonds is 10. The third-order valence-electron chi connectivity index (χ3n) is 3.87. The maximum absolute atomic E-state index is 11.6. The summed E-state index contributed by atoms with van der Waals surface area (Å²) in [5.74, 6) is 1.35. The van der Waals surface area contributed by atoms with Gasteiger partial charge in [-0.15, -0.1) is 0 Å². The minimum atomic E-state index is -0.102. The Hall–Kier alpha value is -2.80. The average Bonchev–Trinajstić information content (AvgIpc) is 2.70. The molecule has 1 amide bonds. The number of carbonyl (C=O) groups excluding carboxylic acids is 1. The highest BCUT2D eigenvalue weighted by molar-refractivity contribution is 5.86. The lowest BCUT2D eigenvalue weighted by molar-refractivity contribution is -0.120. The van der Waals surface area contributed by atoms with Gasteiger partial charge in [0.15, 0.2) is 5.96 Å². The Bertz CT molecular complexity index is 749. The van der Waals surface area contributed by atoms with E-state index in [-0.39, 0.29) is 12.5 Å². The van der Waals surface area contributed by atoms with Crippen molar-refractivity contribution in [3.8, 4) is 5.75 Å². The molecule has 0 spiro atoms. The summed E-state index contributed by atoms with van der Waals surface area (Å²) in [6, 6.07) is 14.3.